The summed E-state index contributed by atoms with van der Waals surface area (Å²) in [6.07, 6.45) is 2.79. The van der Waals surface area contributed by atoms with Crippen LogP contribution in [0, 0.1) is 0 Å². The minimum atomic E-state index is -0.932. The van der Waals surface area contributed by atoms with Crippen LogP contribution in [0.25, 0.3) is 0 Å². The molecule has 2 rings (SSSR count). The Bertz CT molecular complexity index is 702. The van der Waals surface area contributed by atoms with Gasteiger partial charge in [-0.1, -0.05) is 11.6 Å². The lowest BCUT2D eigenvalue weighted by atomic mass is 10.2. The average molecular weight is 355 g/mol. The third kappa shape index (κ3) is 4.17. The molecular weight excluding hydrogens is 340 g/mol. The number of carbonyl (C=O) groups excluding carboxylic acids is 2. The van der Waals surface area contributed by atoms with Crippen LogP contribution >= 0.6 is 22.9 Å². The molecule has 0 saturated heterocycles. The zero-order valence-corrected chi connectivity index (χ0v) is 14.3. The number of hydrogen-bond donors (Lipinski definition) is 1. The summed E-state index contributed by atoms with van der Waals surface area (Å²) in [4.78, 5) is 34.7. The van der Waals surface area contributed by atoms with Gasteiger partial charge in [-0.2, -0.15) is 0 Å². The number of nitrogens with zero attached hydrogens (tertiary/aromatic N) is 3. The third-order valence-electron chi connectivity index (χ3n) is 2.89. The quantitative estimate of drug-likeness (QED) is 0.825. The van der Waals surface area contributed by atoms with Crippen molar-refractivity contribution in [1.82, 2.24) is 15.3 Å². The first-order valence-electron chi connectivity index (χ1n) is 6.55. The number of amides is 1. The van der Waals surface area contributed by atoms with Crippen LogP contribution in [0.15, 0.2) is 24.5 Å². The summed E-state index contributed by atoms with van der Waals surface area (Å²) in [5, 5.41) is 2.61. The molecule has 0 aliphatic rings. The first-order chi connectivity index (χ1) is 10.9. The summed E-state index contributed by atoms with van der Waals surface area (Å²) < 4.78 is 5.25. The molecule has 1 unspecified atom stereocenters. The number of thiophene rings is 1. The largest absolute Gasteiger partial charge is 0.467 e. The van der Waals surface area contributed by atoms with E-state index in [9.17, 15) is 9.59 Å². The lowest BCUT2D eigenvalue weighted by Gasteiger charge is -2.15. The number of anilines is 1. The smallest absolute Gasteiger partial charge is 0.333 e. The zero-order valence-electron chi connectivity index (χ0n) is 12.7. The van der Waals surface area contributed by atoms with E-state index < -0.39 is 17.9 Å². The van der Waals surface area contributed by atoms with Gasteiger partial charge in [-0.15, -0.1) is 11.3 Å². The van der Waals surface area contributed by atoms with Crippen molar-refractivity contribution < 1.29 is 14.3 Å². The van der Waals surface area contributed by atoms with E-state index in [1.165, 1.54) is 30.8 Å². The molecule has 0 spiro atoms. The highest BCUT2D eigenvalue weighted by molar-refractivity contribution is 7.16. The van der Waals surface area contributed by atoms with Gasteiger partial charge in [0.2, 0.25) is 5.95 Å². The highest BCUT2D eigenvalue weighted by Crippen LogP contribution is 2.27. The van der Waals surface area contributed by atoms with Gasteiger partial charge < -0.3 is 15.0 Å². The van der Waals surface area contributed by atoms with Crippen LogP contribution in [0.1, 0.15) is 21.3 Å². The number of methoxy groups -OCH3 is 1. The van der Waals surface area contributed by atoms with Gasteiger partial charge in [0, 0.05) is 31.4 Å². The van der Waals surface area contributed by atoms with Crippen molar-refractivity contribution in [2.75, 3.05) is 26.1 Å². The van der Waals surface area contributed by atoms with Gasteiger partial charge in [-0.25, -0.2) is 14.8 Å². The zero-order chi connectivity index (χ0) is 17.0. The second-order valence-electron chi connectivity index (χ2n) is 4.74. The number of nitrogens with one attached hydrogen (secondary N) is 1. The molecule has 0 aliphatic carbocycles. The molecule has 23 heavy (non-hydrogen) atoms. The molecule has 1 N–H and O–H groups in total. The summed E-state index contributed by atoms with van der Waals surface area (Å²) in [7, 11) is 4.84. The molecule has 1 amide bonds. The monoisotopic (exact) mass is 354 g/mol. The van der Waals surface area contributed by atoms with Gasteiger partial charge in [-0.05, 0) is 12.1 Å². The number of aromatic nitrogens is 2. The number of ether oxygens (including phenoxy) is 1. The predicted octanol–water partition coefficient (Wildman–Crippen LogP) is 1.90. The lowest BCUT2D eigenvalue weighted by Crippen LogP contribution is -2.34. The Balaban J connectivity index is 2.18. The molecule has 122 valence electrons. The van der Waals surface area contributed by atoms with Crippen molar-refractivity contribution in [3.8, 4) is 0 Å². The molecule has 0 aliphatic heterocycles. The van der Waals surface area contributed by atoms with Crippen molar-refractivity contribution in [3.05, 3.63) is 39.3 Å². The molecule has 2 aromatic rings. The predicted molar refractivity (Wildman–Crippen MR) is 87.9 cm³/mol. The van der Waals surface area contributed by atoms with Crippen LogP contribution in [0.3, 0.4) is 0 Å². The van der Waals surface area contributed by atoms with Gasteiger partial charge in [0.1, 0.15) is 0 Å². The standard InChI is InChI=1S/C14H15ClN4O3S/c1-19(2)14-16-6-8(7-17-14)12(20)18-11(13(21)22-3)9-4-5-10(15)23-9/h4-7,11H,1-3H3,(H,18,20). The number of halogens is 1. The van der Waals surface area contributed by atoms with Crippen LogP contribution in [0.4, 0.5) is 5.95 Å². The average Bonchev–Trinajstić information content (AvgIpc) is 2.97. The van der Waals surface area contributed by atoms with E-state index in [2.05, 4.69) is 15.3 Å². The minimum absolute atomic E-state index is 0.243. The maximum atomic E-state index is 12.3. The topological polar surface area (TPSA) is 84.4 Å². The molecule has 0 aromatic carbocycles. The highest BCUT2D eigenvalue weighted by atomic mass is 35.5. The summed E-state index contributed by atoms with van der Waals surface area (Å²) in [6.45, 7) is 0. The van der Waals surface area contributed by atoms with Gasteiger partial charge in [0.05, 0.1) is 17.0 Å². The van der Waals surface area contributed by atoms with Crippen molar-refractivity contribution in [2.45, 2.75) is 6.04 Å². The summed E-state index contributed by atoms with van der Waals surface area (Å²) in [5.74, 6) is -0.575. The summed E-state index contributed by atoms with van der Waals surface area (Å²) in [5.41, 5.74) is 0.243. The molecule has 1 atom stereocenters. The van der Waals surface area contributed by atoms with E-state index in [1.54, 1.807) is 31.1 Å². The molecule has 7 nitrogen and oxygen atoms in total. The number of carbonyl (C=O) groups is 2. The van der Waals surface area contributed by atoms with Gasteiger partial charge in [-0.3, -0.25) is 4.79 Å². The Morgan fingerprint density at radius 2 is 1.96 bits per heavy atom. The summed E-state index contributed by atoms with van der Waals surface area (Å²) >= 11 is 7.08. The third-order valence-corrected chi connectivity index (χ3v) is 4.19. The normalized spacial score (nSPS) is 11.7. The maximum Gasteiger partial charge on any atom is 0.333 e. The highest BCUT2D eigenvalue weighted by Gasteiger charge is 2.26. The number of hydrogen-bond acceptors (Lipinski definition) is 7. The van der Waals surface area contributed by atoms with E-state index in [0.717, 1.165) is 0 Å². The molecule has 9 heteroatoms. The van der Waals surface area contributed by atoms with Crippen LogP contribution in [0.5, 0.6) is 0 Å². The minimum Gasteiger partial charge on any atom is -0.467 e. The molecule has 2 heterocycles. The summed E-state index contributed by atoms with van der Waals surface area (Å²) in [6, 6.07) is 2.39. The molecule has 0 saturated carbocycles. The first-order valence-corrected chi connectivity index (χ1v) is 7.75. The van der Waals surface area contributed by atoms with Gasteiger partial charge in [0.25, 0.3) is 5.91 Å². The van der Waals surface area contributed by atoms with Crippen molar-refractivity contribution in [3.63, 3.8) is 0 Å². The van der Waals surface area contributed by atoms with E-state index >= 15 is 0 Å². The Morgan fingerprint density at radius 1 is 1.30 bits per heavy atom. The fourth-order valence-electron chi connectivity index (χ4n) is 1.73. The molecule has 0 radical (unpaired) electrons. The Kier molecular flexibility index (Phi) is 5.51. The molecule has 2 aromatic heterocycles. The Hall–Kier alpha value is -2.19. The number of esters is 1. The maximum absolute atomic E-state index is 12.3. The van der Waals surface area contributed by atoms with E-state index in [0.29, 0.717) is 15.2 Å². The number of rotatable bonds is 5. The van der Waals surface area contributed by atoms with Crippen molar-refractivity contribution in [2.24, 2.45) is 0 Å². The van der Waals surface area contributed by atoms with Crippen LogP contribution in [-0.4, -0.2) is 43.0 Å². The van der Waals surface area contributed by atoms with E-state index in [-0.39, 0.29) is 5.56 Å². The van der Waals surface area contributed by atoms with Crippen LogP contribution in [-0.2, 0) is 9.53 Å². The van der Waals surface area contributed by atoms with Crippen LogP contribution < -0.4 is 10.2 Å². The van der Waals surface area contributed by atoms with E-state index in [1.807, 2.05) is 0 Å². The second kappa shape index (κ2) is 7.38. The molecule has 0 fully saturated rings. The first kappa shape index (κ1) is 17.2. The lowest BCUT2D eigenvalue weighted by molar-refractivity contribution is -0.143. The van der Waals surface area contributed by atoms with Gasteiger partial charge >= 0.3 is 5.97 Å². The second-order valence-corrected chi connectivity index (χ2v) is 6.48. The fourth-order valence-corrected chi connectivity index (χ4v) is 2.83. The molecular formula is C14H15ClN4O3S. The Labute approximate surface area is 142 Å². The van der Waals surface area contributed by atoms with Gasteiger partial charge in [0.15, 0.2) is 6.04 Å². The fraction of sp³-hybridized carbons (Fsp3) is 0.286. The van der Waals surface area contributed by atoms with Crippen LogP contribution in [0.2, 0.25) is 4.34 Å². The van der Waals surface area contributed by atoms with E-state index in [4.69, 9.17) is 16.3 Å². The molecule has 0 bridgehead atoms. The van der Waals surface area contributed by atoms with Crippen molar-refractivity contribution in [1.29, 1.82) is 0 Å². The SMILES string of the molecule is COC(=O)C(NC(=O)c1cnc(N(C)C)nc1)c1ccc(Cl)s1. The Morgan fingerprint density at radius 3 is 2.43 bits per heavy atom. The van der Waals surface area contributed by atoms with Crippen molar-refractivity contribution >= 4 is 40.8 Å².